The molecule has 2 amide bonds. The summed E-state index contributed by atoms with van der Waals surface area (Å²) < 4.78 is 0. The van der Waals surface area contributed by atoms with Crippen LogP contribution in [-0.2, 0) is 4.79 Å². The van der Waals surface area contributed by atoms with Gasteiger partial charge < -0.3 is 15.1 Å². The van der Waals surface area contributed by atoms with Crippen LogP contribution in [0.4, 0.5) is 11.4 Å². The minimum absolute atomic E-state index is 0.0261. The second-order valence-corrected chi connectivity index (χ2v) is 7.91. The number of rotatable bonds is 7. The SMILES string of the molecule is CCN(c1ccc(NC(=O)CN2CCN(C(=O)c3ccccc3)CC2)cc1)C(C)C. The summed E-state index contributed by atoms with van der Waals surface area (Å²) in [5, 5.41) is 2.98. The van der Waals surface area contributed by atoms with Crippen molar-refractivity contribution in [3.05, 3.63) is 60.2 Å². The van der Waals surface area contributed by atoms with E-state index in [1.54, 1.807) is 0 Å². The van der Waals surface area contributed by atoms with Crippen molar-refractivity contribution >= 4 is 23.2 Å². The van der Waals surface area contributed by atoms with E-state index in [0.717, 1.165) is 17.9 Å². The van der Waals surface area contributed by atoms with Gasteiger partial charge in [-0.1, -0.05) is 18.2 Å². The van der Waals surface area contributed by atoms with Gasteiger partial charge in [-0.15, -0.1) is 0 Å². The highest BCUT2D eigenvalue weighted by Gasteiger charge is 2.23. The maximum Gasteiger partial charge on any atom is 0.253 e. The van der Waals surface area contributed by atoms with Crippen molar-refractivity contribution in [2.45, 2.75) is 26.8 Å². The quantitative estimate of drug-likeness (QED) is 0.764. The third-order valence-electron chi connectivity index (χ3n) is 5.49. The van der Waals surface area contributed by atoms with Crippen LogP contribution < -0.4 is 10.2 Å². The van der Waals surface area contributed by atoms with Crippen molar-refractivity contribution in [3.63, 3.8) is 0 Å². The highest BCUT2D eigenvalue weighted by Crippen LogP contribution is 2.20. The van der Waals surface area contributed by atoms with E-state index in [1.807, 2.05) is 59.5 Å². The summed E-state index contributed by atoms with van der Waals surface area (Å²) in [4.78, 5) is 31.2. The Morgan fingerprint density at radius 1 is 0.967 bits per heavy atom. The molecule has 1 saturated heterocycles. The van der Waals surface area contributed by atoms with E-state index in [4.69, 9.17) is 0 Å². The Hall–Kier alpha value is -2.86. The van der Waals surface area contributed by atoms with Gasteiger partial charge in [0.15, 0.2) is 0 Å². The predicted molar refractivity (Wildman–Crippen MR) is 122 cm³/mol. The molecule has 1 aliphatic heterocycles. The molecule has 1 N–H and O–H groups in total. The molecular weight excluding hydrogens is 376 g/mol. The number of carbonyl (C=O) groups excluding carboxylic acids is 2. The third-order valence-corrected chi connectivity index (χ3v) is 5.49. The molecule has 160 valence electrons. The summed E-state index contributed by atoms with van der Waals surface area (Å²) in [6, 6.07) is 17.8. The first-order valence-electron chi connectivity index (χ1n) is 10.7. The molecule has 0 spiro atoms. The smallest absolute Gasteiger partial charge is 0.253 e. The highest BCUT2D eigenvalue weighted by molar-refractivity contribution is 5.94. The van der Waals surface area contributed by atoms with Crippen molar-refractivity contribution in [2.75, 3.05) is 49.5 Å². The second-order valence-electron chi connectivity index (χ2n) is 7.91. The number of amides is 2. The minimum atomic E-state index is -0.0261. The summed E-state index contributed by atoms with van der Waals surface area (Å²) in [6.45, 7) is 10.4. The average Bonchev–Trinajstić information content (AvgIpc) is 2.76. The summed E-state index contributed by atoms with van der Waals surface area (Å²) in [6.07, 6.45) is 0. The zero-order chi connectivity index (χ0) is 21.5. The van der Waals surface area contributed by atoms with E-state index in [1.165, 1.54) is 0 Å². The molecule has 1 heterocycles. The Balaban J connectivity index is 1.46. The van der Waals surface area contributed by atoms with Crippen LogP contribution in [0.25, 0.3) is 0 Å². The minimum Gasteiger partial charge on any atom is -0.369 e. The van der Waals surface area contributed by atoms with Crippen LogP contribution in [0.5, 0.6) is 0 Å². The van der Waals surface area contributed by atoms with E-state index in [0.29, 0.717) is 44.3 Å². The monoisotopic (exact) mass is 408 g/mol. The largest absolute Gasteiger partial charge is 0.369 e. The zero-order valence-electron chi connectivity index (χ0n) is 18.2. The normalized spacial score (nSPS) is 14.6. The van der Waals surface area contributed by atoms with Gasteiger partial charge in [0.05, 0.1) is 6.54 Å². The van der Waals surface area contributed by atoms with Crippen molar-refractivity contribution in [2.24, 2.45) is 0 Å². The molecule has 0 bridgehead atoms. The number of hydrogen-bond donors (Lipinski definition) is 1. The summed E-state index contributed by atoms with van der Waals surface area (Å²) >= 11 is 0. The molecule has 2 aromatic carbocycles. The van der Waals surface area contributed by atoms with Gasteiger partial charge in [0.25, 0.3) is 5.91 Å². The van der Waals surface area contributed by atoms with Crippen LogP contribution in [0.1, 0.15) is 31.1 Å². The first-order chi connectivity index (χ1) is 14.5. The zero-order valence-corrected chi connectivity index (χ0v) is 18.2. The van der Waals surface area contributed by atoms with Gasteiger partial charge in [-0.25, -0.2) is 0 Å². The maximum atomic E-state index is 12.5. The van der Waals surface area contributed by atoms with Crippen molar-refractivity contribution in [1.29, 1.82) is 0 Å². The fourth-order valence-corrected chi connectivity index (χ4v) is 3.86. The fourth-order valence-electron chi connectivity index (χ4n) is 3.86. The second kappa shape index (κ2) is 10.3. The molecule has 0 aliphatic carbocycles. The van der Waals surface area contributed by atoms with Gasteiger partial charge in [-0.05, 0) is 57.2 Å². The number of benzene rings is 2. The predicted octanol–water partition coefficient (Wildman–Crippen LogP) is 3.32. The van der Waals surface area contributed by atoms with E-state index >= 15 is 0 Å². The van der Waals surface area contributed by atoms with Gasteiger partial charge in [-0.2, -0.15) is 0 Å². The van der Waals surface area contributed by atoms with Crippen molar-refractivity contribution in [3.8, 4) is 0 Å². The lowest BCUT2D eigenvalue weighted by molar-refractivity contribution is -0.117. The van der Waals surface area contributed by atoms with Gasteiger partial charge in [0.2, 0.25) is 5.91 Å². The Kier molecular flexibility index (Phi) is 7.46. The summed E-state index contributed by atoms with van der Waals surface area (Å²) in [7, 11) is 0. The Bertz CT molecular complexity index is 828. The molecule has 1 fully saturated rings. The Labute approximate surface area is 179 Å². The molecule has 1 aliphatic rings. The number of nitrogens with zero attached hydrogens (tertiary/aromatic N) is 3. The standard InChI is InChI=1S/C24H32N4O2/c1-4-28(19(2)3)22-12-10-21(11-13-22)25-23(29)18-26-14-16-27(17-15-26)24(30)20-8-6-5-7-9-20/h5-13,19H,4,14-18H2,1-3H3,(H,25,29). The molecule has 30 heavy (non-hydrogen) atoms. The summed E-state index contributed by atoms with van der Waals surface area (Å²) in [5.41, 5.74) is 2.68. The fraction of sp³-hybridized carbons (Fsp3) is 0.417. The lowest BCUT2D eigenvalue weighted by Gasteiger charge is -2.34. The van der Waals surface area contributed by atoms with Crippen LogP contribution in [0.2, 0.25) is 0 Å². The number of carbonyl (C=O) groups is 2. The molecule has 3 rings (SSSR count). The Morgan fingerprint density at radius 2 is 1.60 bits per heavy atom. The van der Waals surface area contributed by atoms with Crippen LogP contribution in [0.3, 0.4) is 0 Å². The molecule has 2 aromatic rings. The summed E-state index contributed by atoms with van der Waals surface area (Å²) in [5.74, 6) is 0.0316. The van der Waals surface area contributed by atoms with E-state index in [9.17, 15) is 9.59 Å². The van der Waals surface area contributed by atoms with Crippen LogP contribution in [0.15, 0.2) is 54.6 Å². The molecule has 6 nitrogen and oxygen atoms in total. The molecule has 0 radical (unpaired) electrons. The first-order valence-corrected chi connectivity index (χ1v) is 10.7. The van der Waals surface area contributed by atoms with Crippen molar-refractivity contribution in [1.82, 2.24) is 9.80 Å². The first kappa shape index (κ1) is 21.8. The topological polar surface area (TPSA) is 55.9 Å². The van der Waals surface area contributed by atoms with Gasteiger partial charge in [0.1, 0.15) is 0 Å². The molecule has 0 aromatic heterocycles. The number of anilines is 2. The lowest BCUT2D eigenvalue weighted by Crippen LogP contribution is -2.50. The number of nitrogens with one attached hydrogen (secondary N) is 1. The molecule has 0 saturated carbocycles. The third kappa shape index (κ3) is 5.60. The molecule has 0 atom stereocenters. The van der Waals surface area contributed by atoms with Crippen LogP contribution in [0, 0.1) is 0 Å². The van der Waals surface area contributed by atoms with Gasteiger partial charge in [-0.3, -0.25) is 14.5 Å². The Morgan fingerprint density at radius 3 is 2.17 bits per heavy atom. The molecule has 6 heteroatoms. The average molecular weight is 409 g/mol. The van der Waals surface area contributed by atoms with Gasteiger partial charge >= 0.3 is 0 Å². The number of piperazine rings is 1. The maximum absolute atomic E-state index is 12.5. The highest BCUT2D eigenvalue weighted by atomic mass is 16.2. The van der Waals surface area contributed by atoms with Crippen LogP contribution >= 0.6 is 0 Å². The van der Waals surface area contributed by atoms with Gasteiger partial charge in [0, 0.05) is 55.7 Å². The lowest BCUT2D eigenvalue weighted by atomic mass is 10.2. The van der Waals surface area contributed by atoms with Crippen LogP contribution in [-0.4, -0.2) is 66.9 Å². The van der Waals surface area contributed by atoms with E-state index in [2.05, 4.69) is 35.9 Å². The van der Waals surface area contributed by atoms with E-state index < -0.39 is 0 Å². The van der Waals surface area contributed by atoms with E-state index in [-0.39, 0.29) is 11.8 Å². The molecular formula is C24H32N4O2. The van der Waals surface area contributed by atoms with Crippen molar-refractivity contribution < 1.29 is 9.59 Å². The number of hydrogen-bond acceptors (Lipinski definition) is 4. The molecule has 0 unspecified atom stereocenters.